The van der Waals surface area contributed by atoms with E-state index in [1.807, 2.05) is 29.8 Å². The quantitative estimate of drug-likeness (QED) is 0.573. The zero-order valence-corrected chi connectivity index (χ0v) is 17.5. The van der Waals surface area contributed by atoms with Crippen molar-refractivity contribution in [1.29, 1.82) is 0 Å². The van der Waals surface area contributed by atoms with Crippen molar-refractivity contribution in [3.8, 4) is 11.5 Å². The summed E-state index contributed by atoms with van der Waals surface area (Å²) in [4.78, 5) is 4.44. The predicted molar refractivity (Wildman–Crippen MR) is 113 cm³/mol. The van der Waals surface area contributed by atoms with Gasteiger partial charge in [0, 0.05) is 48.4 Å². The highest BCUT2D eigenvalue weighted by Crippen LogP contribution is 2.40. The van der Waals surface area contributed by atoms with Crippen LogP contribution in [0.4, 0.5) is 8.78 Å². The first-order valence-electron chi connectivity index (χ1n) is 10.7. The Morgan fingerprint density at radius 1 is 1.25 bits per heavy atom. The molecule has 3 heterocycles. The van der Waals surface area contributed by atoms with E-state index in [2.05, 4.69) is 10.3 Å². The number of ether oxygens (including phenoxy) is 2. The van der Waals surface area contributed by atoms with Crippen LogP contribution in [0.2, 0.25) is 0 Å². The number of pyridine rings is 1. The van der Waals surface area contributed by atoms with Gasteiger partial charge in [0.25, 0.3) is 6.43 Å². The summed E-state index contributed by atoms with van der Waals surface area (Å²) in [5.41, 5.74) is 2.20. The van der Waals surface area contributed by atoms with Gasteiger partial charge in [0.05, 0.1) is 6.04 Å². The fourth-order valence-electron chi connectivity index (χ4n) is 4.60. The maximum Gasteiger partial charge on any atom is 0.264 e. The number of aliphatic hydroxyl groups is 2. The van der Waals surface area contributed by atoms with Crippen molar-refractivity contribution in [3.63, 3.8) is 0 Å². The first-order valence-corrected chi connectivity index (χ1v) is 10.7. The fourth-order valence-corrected chi connectivity index (χ4v) is 4.60. The summed E-state index contributed by atoms with van der Waals surface area (Å²) >= 11 is 0. The van der Waals surface area contributed by atoms with Crippen LogP contribution >= 0.6 is 0 Å². The molecule has 0 saturated heterocycles. The molecule has 1 aliphatic carbocycles. The first kappa shape index (κ1) is 21.1. The number of nitrogens with zero attached hydrogens (tertiary/aromatic N) is 2. The second kappa shape index (κ2) is 8.31. The molecule has 0 spiro atoms. The van der Waals surface area contributed by atoms with Crippen LogP contribution in [0.25, 0.3) is 11.0 Å². The first-order chi connectivity index (χ1) is 15.4. The number of hydrogen-bond donors (Lipinski definition) is 3. The number of aromatic nitrogens is 2. The van der Waals surface area contributed by atoms with Crippen molar-refractivity contribution in [2.75, 3.05) is 13.2 Å². The van der Waals surface area contributed by atoms with E-state index >= 15 is 0 Å². The minimum atomic E-state index is -2.69. The summed E-state index contributed by atoms with van der Waals surface area (Å²) in [6.45, 7) is 3.32. The van der Waals surface area contributed by atoms with Gasteiger partial charge in [-0.15, -0.1) is 0 Å². The highest BCUT2D eigenvalue weighted by molar-refractivity contribution is 5.79. The third-order valence-corrected chi connectivity index (χ3v) is 6.35. The number of benzene rings is 1. The van der Waals surface area contributed by atoms with Gasteiger partial charge in [-0.25, -0.2) is 13.8 Å². The molecule has 7 nitrogen and oxygen atoms in total. The topological polar surface area (TPSA) is 88.8 Å². The highest BCUT2D eigenvalue weighted by Gasteiger charge is 2.44. The molecule has 3 aromatic rings. The molecule has 4 unspecified atom stereocenters. The fraction of sp³-hybridized carbons (Fsp3) is 0.435. The van der Waals surface area contributed by atoms with Gasteiger partial charge in [-0.3, -0.25) is 0 Å². The monoisotopic (exact) mass is 445 g/mol. The molecule has 9 heteroatoms. The molecule has 1 fully saturated rings. The molecule has 2 aromatic heterocycles. The molecule has 32 heavy (non-hydrogen) atoms. The van der Waals surface area contributed by atoms with Crippen molar-refractivity contribution in [2.45, 2.75) is 50.7 Å². The number of halogens is 2. The van der Waals surface area contributed by atoms with Gasteiger partial charge in [0.1, 0.15) is 42.1 Å². The van der Waals surface area contributed by atoms with Gasteiger partial charge in [-0.1, -0.05) is 0 Å². The molecule has 5 rings (SSSR count). The Morgan fingerprint density at radius 3 is 2.91 bits per heavy atom. The number of alkyl halides is 2. The van der Waals surface area contributed by atoms with E-state index in [0.29, 0.717) is 43.1 Å². The van der Waals surface area contributed by atoms with Crippen molar-refractivity contribution in [1.82, 2.24) is 14.9 Å². The maximum atomic E-state index is 13.5. The van der Waals surface area contributed by atoms with E-state index in [0.717, 1.165) is 10.9 Å². The average Bonchev–Trinajstić information content (AvgIpc) is 3.20. The zero-order chi connectivity index (χ0) is 22.4. The van der Waals surface area contributed by atoms with Crippen LogP contribution in [0.15, 0.2) is 36.7 Å². The van der Waals surface area contributed by atoms with Gasteiger partial charge < -0.3 is 29.6 Å². The molecule has 170 valence electrons. The third kappa shape index (κ3) is 3.60. The molecular formula is C23H25F2N3O4. The number of rotatable bonds is 4. The van der Waals surface area contributed by atoms with Crippen LogP contribution in [-0.2, 0) is 6.54 Å². The highest BCUT2D eigenvalue weighted by atomic mass is 19.3. The largest absolute Gasteiger partial charge is 0.492 e. The van der Waals surface area contributed by atoms with Gasteiger partial charge in [-0.05, 0) is 36.8 Å². The summed E-state index contributed by atoms with van der Waals surface area (Å²) in [6.07, 6.45) is -1.90. The number of hydrogen-bond acceptors (Lipinski definition) is 6. The second-order valence-corrected chi connectivity index (χ2v) is 8.35. The van der Waals surface area contributed by atoms with Gasteiger partial charge in [0.15, 0.2) is 0 Å². The lowest BCUT2D eigenvalue weighted by atomic mass is 10.1. The third-order valence-electron chi connectivity index (χ3n) is 6.35. The molecule has 0 amide bonds. The lowest BCUT2D eigenvalue weighted by Gasteiger charge is -2.22. The number of aliphatic hydroxyl groups excluding tert-OH is 2. The Labute approximate surface area is 183 Å². The van der Waals surface area contributed by atoms with E-state index in [9.17, 15) is 19.0 Å². The minimum Gasteiger partial charge on any atom is -0.492 e. The molecule has 0 radical (unpaired) electrons. The lowest BCUT2D eigenvalue weighted by Crippen LogP contribution is -2.34. The van der Waals surface area contributed by atoms with E-state index in [1.165, 1.54) is 12.1 Å². The Kier molecular flexibility index (Phi) is 5.48. The zero-order valence-electron chi connectivity index (χ0n) is 17.5. The smallest absolute Gasteiger partial charge is 0.264 e. The average molecular weight is 445 g/mol. The molecular weight excluding hydrogens is 420 g/mol. The summed E-state index contributed by atoms with van der Waals surface area (Å²) in [6, 6.07) is 6.01. The van der Waals surface area contributed by atoms with E-state index in [4.69, 9.17) is 9.47 Å². The predicted octanol–water partition coefficient (Wildman–Crippen LogP) is 2.88. The Hall–Kier alpha value is -2.75. The summed E-state index contributed by atoms with van der Waals surface area (Å²) < 4.78 is 40.5. The Balaban J connectivity index is 1.46. The number of nitrogens with one attached hydrogen (secondary N) is 1. The standard InChI is InChI=1S/C23H25F2N3O4/c1-12-2-4-27-23-14(12)3-6-28(23)16-10-19(21(30)20(16)29)32-18-9-13(22(24)25)8-17-15(18)11-26-5-7-31-17/h2-4,6,8-9,16,19-22,26,29-30H,5,7,10-11H2,1H3. The normalized spacial score (nSPS) is 25.6. The van der Waals surface area contributed by atoms with Crippen LogP contribution in [0, 0.1) is 6.92 Å². The summed E-state index contributed by atoms with van der Waals surface area (Å²) in [5, 5.41) is 25.7. The summed E-state index contributed by atoms with van der Waals surface area (Å²) in [5.74, 6) is 0.582. The number of fused-ring (bicyclic) bond motifs is 2. The van der Waals surface area contributed by atoms with Gasteiger partial charge >= 0.3 is 0 Å². The van der Waals surface area contributed by atoms with Crippen molar-refractivity contribution in [3.05, 3.63) is 53.3 Å². The molecule has 1 saturated carbocycles. The molecule has 1 aliphatic heterocycles. The Morgan fingerprint density at radius 2 is 2.09 bits per heavy atom. The lowest BCUT2D eigenvalue weighted by molar-refractivity contribution is -0.0167. The van der Waals surface area contributed by atoms with Crippen LogP contribution in [0.3, 0.4) is 0 Å². The van der Waals surface area contributed by atoms with Crippen molar-refractivity contribution >= 4 is 11.0 Å². The minimum absolute atomic E-state index is 0.207. The maximum absolute atomic E-state index is 13.5. The number of aryl methyl sites for hydroxylation is 1. The molecule has 3 N–H and O–H groups in total. The van der Waals surface area contributed by atoms with Crippen LogP contribution in [-0.4, -0.2) is 51.2 Å². The van der Waals surface area contributed by atoms with Crippen LogP contribution < -0.4 is 14.8 Å². The molecule has 0 bridgehead atoms. The van der Waals surface area contributed by atoms with E-state index in [-0.39, 0.29) is 11.3 Å². The molecule has 2 aliphatic rings. The molecule has 4 atom stereocenters. The second-order valence-electron chi connectivity index (χ2n) is 8.35. The van der Waals surface area contributed by atoms with Crippen molar-refractivity contribution in [2.24, 2.45) is 0 Å². The SMILES string of the molecule is Cc1ccnc2c1ccn2C1CC(Oc2cc(C(F)F)cc3c2CNCCO3)C(O)C1O. The Bertz CT molecular complexity index is 1140. The molecule has 1 aromatic carbocycles. The van der Waals surface area contributed by atoms with Crippen LogP contribution in [0.5, 0.6) is 11.5 Å². The van der Waals surface area contributed by atoms with E-state index < -0.39 is 30.8 Å². The van der Waals surface area contributed by atoms with Gasteiger partial charge in [-0.2, -0.15) is 0 Å². The van der Waals surface area contributed by atoms with Crippen LogP contribution in [0.1, 0.15) is 35.6 Å². The van der Waals surface area contributed by atoms with E-state index in [1.54, 1.807) is 6.20 Å². The van der Waals surface area contributed by atoms with Gasteiger partial charge in [0.2, 0.25) is 0 Å². The summed E-state index contributed by atoms with van der Waals surface area (Å²) in [7, 11) is 0. The van der Waals surface area contributed by atoms with Crippen molar-refractivity contribution < 1.29 is 28.5 Å².